The molecular formula is C16H20N2O. The minimum absolute atomic E-state index is 0.0697. The maximum absolute atomic E-state index is 11.8. The molecule has 0 aliphatic carbocycles. The second kappa shape index (κ2) is 6.78. The fourth-order valence-electron chi connectivity index (χ4n) is 2.08. The second-order valence-electron chi connectivity index (χ2n) is 4.72. The molecule has 0 fully saturated rings. The highest BCUT2D eigenvalue weighted by molar-refractivity contribution is 5.76. The SMILES string of the molecule is CC(NC(=O)CCCn1cccc1)c1ccccc1. The Kier molecular flexibility index (Phi) is 4.78. The van der Waals surface area contributed by atoms with E-state index < -0.39 is 0 Å². The first-order valence-electron chi connectivity index (χ1n) is 6.71. The number of aromatic nitrogens is 1. The number of carbonyl (C=O) groups is 1. The topological polar surface area (TPSA) is 34.0 Å². The summed E-state index contributed by atoms with van der Waals surface area (Å²) in [5, 5.41) is 3.03. The molecule has 0 aliphatic rings. The molecule has 0 radical (unpaired) electrons. The predicted molar refractivity (Wildman–Crippen MR) is 76.7 cm³/mol. The normalized spacial score (nSPS) is 12.1. The summed E-state index contributed by atoms with van der Waals surface area (Å²) in [6.07, 6.45) is 5.46. The van der Waals surface area contributed by atoms with Crippen LogP contribution in [0.5, 0.6) is 0 Å². The lowest BCUT2D eigenvalue weighted by Gasteiger charge is -2.14. The van der Waals surface area contributed by atoms with Gasteiger partial charge in [0.25, 0.3) is 0 Å². The zero-order valence-electron chi connectivity index (χ0n) is 11.3. The predicted octanol–water partition coefficient (Wildman–Crippen LogP) is 3.15. The Morgan fingerprint density at radius 2 is 1.84 bits per heavy atom. The Morgan fingerprint density at radius 1 is 1.16 bits per heavy atom. The van der Waals surface area contributed by atoms with Crippen LogP contribution < -0.4 is 5.32 Å². The lowest BCUT2D eigenvalue weighted by molar-refractivity contribution is -0.121. The smallest absolute Gasteiger partial charge is 0.220 e. The highest BCUT2D eigenvalue weighted by Crippen LogP contribution is 2.11. The van der Waals surface area contributed by atoms with Gasteiger partial charge in [0.05, 0.1) is 6.04 Å². The molecule has 100 valence electrons. The first-order valence-corrected chi connectivity index (χ1v) is 6.71. The van der Waals surface area contributed by atoms with Gasteiger partial charge in [-0.2, -0.15) is 0 Å². The standard InChI is InChI=1S/C16H20N2O/c1-14(15-8-3-2-4-9-15)17-16(19)10-7-13-18-11-5-6-12-18/h2-6,8-9,11-12,14H,7,10,13H2,1H3,(H,17,19). The van der Waals surface area contributed by atoms with Gasteiger partial charge in [0.1, 0.15) is 0 Å². The molecule has 1 aromatic heterocycles. The molecule has 0 aliphatic heterocycles. The Morgan fingerprint density at radius 3 is 2.53 bits per heavy atom. The van der Waals surface area contributed by atoms with Gasteiger partial charge in [0.2, 0.25) is 5.91 Å². The van der Waals surface area contributed by atoms with Crippen molar-refractivity contribution in [1.29, 1.82) is 0 Å². The van der Waals surface area contributed by atoms with Crippen LogP contribution in [0, 0.1) is 0 Å². The number of aryl methyl sites for hydroxylation is 1. The van der Waals surface area contributed by atoms with E-state index in [-0.39, 0.29) is 11.9 Å². The minimum atomic E-state index is 0.0697. The summed E-state index contributed by atoms with van der Waals surface area (Å²) in [6, 6.07) is 14.1. The van der Waals surface area contributed by atoms with Crippen molar-refractivity contribution in [3.63, 3.8) is 0 Å². The summed E-state index contributed by atoms with van der Waals surface area (Å²) in [6.45, 7) is 2.90. The largest absolute Gasteiger partial charge is 0.354 e. The van der Waals surface area contributed by atoms with Gasteiger partial charge in [-0.1, -0.05) is 30.3 Å². The van der Waals surface area contributed by atoms with Crippen LogP contribution in [0.15, 0.2) is 54.9 Å². The Hall–Kier alpha value is -2.03. The molecule has 0 saturated heterocycles. The molecule has 19 heavy (non-hydrogen) atoms. The first-order chi connectivity index (χ1) is 9.25. The summed E-state index contributed by atoms with van der Waals surface area (Å²) in [7, 11) is 0. The molecule has 1 aromatic carbocycles. The van der Waals surface area contributed by atoms with Crippen LogP contribution in [0.4, 0.5) is 0 Å². The molecule has 2 aromatic rings. The zero-order chi connectivity index (χ0) is 13.5. The number of hydrogen-bond acceptors (Lipinski definition) is 1. The van der Waals surface area contributed by atoms with Crippen molar-refractivity contribution in [3.05, 3.63) is 60.4 Å². The van der Waals surface area contributed by atoms with Crippen LogP contribution in [-0.4, -0.2) is 10.5 Å². The van der Waals surface area contributed by atoms with Gasteiger partial charge in [0.15, 0.2) is 0 Å². The van der Waals surface area contributed by atoms with Crippen LogP contribution in [0.1, 0.15) is 31.4 Å². The molecule has 0 bridgehead atoms. The third-order valence-electron chi connectivity index (χ3n) is 3.16. The summed E-state index contributed by atoms with van der Waals surface area (Å²) < 4.78 is 2.09. The van der Waals surface area contributed by atoms with Crippen LogP contribution in [0.2, 0.25) is 0 Å². The fraction of sp³-hybridized carbons (Fsp3) is 0.312. The molecule has 0 saturated carbocycles. The average molecular weight is 256 g/mol. The van der Waals surface area contributed by atoms with E-state index in [0.29, 0.717) is 6.42 Å². The summed E-state index contributed by atoms with van der Waals surface area (Å²) >= 11 is 0. The number of carbonyl (C=O) groups excluding carboxylic acids is 1. The number of hydrogen-bond donors (Lipinski definition) is 1. The molecule has 0 spiro atoms. The molecule has 2 rings (SSSR count). The highest BCUT2D eigenvalue weighted by atomic mass is 16.1. The average Bonchev–Trinajstić information content (AvgIpc) is 2.93. The highest BCUT2D eigenvalue weighted by Gasteiger charge is 2.08. The number of benzene rings is 1. The van der Waals surface area contributed by atoms with Crippen LogP contribution in [-0.2, 0) is 11.3 Å². The minimum Gasteiger partial charge on any atom is -0.354 e. The van der Waals surface area contributed by atoms with Crippen molar-refractivity contribution in [1.82, 2.24) is 9.88 Å². The van der Waals surface area contributed by atoms with Gasteiger partial charge in [-0.3, -0.25) is 4.79 Å². The van der Waals surface area contributed by atoms with Gasteiger partial charge in [-0.25, -0.2) is 0 Å². The van der Waals surface area contributed by atoms with E-state index >= 15 is 0 Å². The maximum atomic E-state index is 11.8. The second-order valence-corrected chi connectivity index (χ2v) is 4.72. The fourth-order valence-corrected chi connectivity index (χ4v) is 2.08. The van der Waals surface area contributed by atoms with Gasteiger partial charge >= 0.3 is 0 Å². The third kappa shape index (κ3) is 4.28. The maximum Gasteiger partial charge on any atom is 0.220 e. The van der Waals surface area contributed by atoms with Crippen molar-refractivity contribution in [2.75, 3.05) is 0 Å². The van der Waals surface area contributed by atoms with E-state index in [1.807, 2.05) is 61.8 Å². The number of nitrogens with zero attached hydrogens (tertiary/aromatic N) is 1. The molecule has 1 amide bonds. The molecular weight excluding hydrogens is 236 g/mol. The van der Waals surface area contributed by atoms with Crippen molar-refractivity contribution < 1.29 is 4.79 Å². The van der Waals surface area contributed by atoms with Crippen LogP contribution >= 0.6 is 0 Å². The van der Waals surface area contributed by atoms with Gasteiger partial charge in [0, 0.05) is 25.4 Å². The molecule has 1 heterocycles. The Labute approximate surface area is 114 Å². The zero-order valence-corrected chi connectivity index (χ0v) is 11.3. The van der Waals surface area contributed by atoms with E-state index in [9.17, 15) is 4.79 Å². The van der Waals surface area contributed by atoms with Crippen molar-refractivity contribution in [2.45, 2.75) is 32.4 Å². The molecule has 1 atom stereocenters. The van der Waals surface area contributed by atoms with Gasteiger partial charge in [-0.05, 0) is 31.0 Å². The molecule has 3 nitrogen and oxygen atoms in total. The Balaban J connectivity index is 1.72. The lowest BCUT2D eigenvalue weighted by Crippen LogP contribution is -2.26. The van der Waals surface area contributed by atoms with Gasteiger partial charge < -0.3 is 9.88 Å². The van der Waals surface area contributed by atoms with E-state index in [1.54, 1.807) is 0 Å². The summed E-state index contributed by atoms with van der Waals surface area (Å²) in [5.74, 6) is 0.114. The molecule has 1 unspecified atom stereocenters. The van der Waals surface area contributed by atoms with Crippen LogP contribution in [0.3, 0.4) is 0 Å². The lowest BCUT2D eigenvalue weighted by atomic mass is 10.1. The summed E-state index contributed by atoms with van der Waals surface area (Å²) in [4.78, 5) is 11.8. The number of rotatable bonds is 6. The quantitative estimate of drug-likeness (QED) is 0.846. The van der Waals surface area contributed by atoms with E-state index in [0.717, 1.165) is 18.5 Å². The van der Waals surface area contributed by atoms with E-state index in [4.69, 9.17) is 0 Å². The first kappa shape index (κ1) is 13.4. The van der Waals surface area contributed by atoms with Gasteiger partial charge in [-0.15, -0.1) is 0 Å². The number of amides is 1. The van der Waals surface area contributed by atoms with Crippen molar-refractivity contribution in [2.24, 2.45) is 0 Å². The van der Waals surface area contributed by atoms with Crippen LogP contribution in [0.25, 0.3) is 0 Å². The monoisotopic (exact) mass is 256 g/mol. The third-order valence-corrected chi connectivity index (χ3v) is 3.16. The van der Waals surface area contributed by atoms with Crippen molar-refractivity contribution >= 4 is 5.91 Å². The van der Waals surface area contributed by atoms with Crippen molar-refractivity contribution in [3.8, 4) is 0 Å². The molecule has 1 N–H and O–H groups in total. The Bertz CT molecular complexity index is 491. The molecule has 3 heteroatoms. The summed E-state index contributed by atoms with van der Waals surface area (Å²) in [5.41, 5.74) is 1.14. The van der Waals surface area contributed by atoms with E-state index in [2.05, 4.69) is 9.88 Å². The van der Waals surface area contributed by atoms with E-state index in [1.165, 1.54) is 0 Å². The number of nitrogens with one attached hydrogen (secondary N) is 1.